The molecule has 0 aromatic carbocycles. The molecule has 0 radical (unpaired) electrons. The van der Waals surface area contributed by atoms with Gasteiger partial charge in [0.2, 0.25) is 0 Å². The molecule has 9 heteroatoms. The maximum atomic E-state index is 12.0. The molecule has 22 heavy (non-hydrogen) atoms. The van der Waals surface area contributed by atoms with Gasteiger partial charge in [-0.05, 0) is 49.5 Å². The molecule has 122 valence electrons. The van der Waals surface area contributed by atoms with Crippen LogP contribution in [0.2, 0.25) is 0 Å². The van der Waals surface area contributed by atoms with Gasteiger partial charge >= 0.3 is 6.09 Å². The van der Waals surface area contributed by atoms with Gasteiger partial charge in [-0.15, -0.1) is 10.2 Å². The highest BCUT2D eigenvalue weighted by atomic mass is 79.9. The molecule has 1 aromatic rings. The minimum absolute atomic E-state index is 0.00906. The number of amides is 2. The maximum absolute atomic E-state index is 12.0. The fourth-order valence-corrected chi connectivity index (χ4v) is 2.50. The number of aromatic nitrogens is 3. The summed E-state index contributed by atoms with van der Waals surface area (Å²) in [6, 6.07) is 0.00906. The third-order valence-corrected chi connectivity index (χ3v) is 3.76. The summed E-state index contributed by atoms with van der Waals surface area (Å²) < 4.78 is 5.72. The Morgan fingerprint density at radius 3 is 2.45 bits per heavy atom. The predicted molar refractivity (Wildman–Crippen MR) is 82.4 cm³/mol. The Bertz CT molecular complexity index is 546. The first-order valence-corrected chi connectivity index (χ1v) is 7.90. The number of aromatic amines is 1. The summed E-state index contributed by atoms with van der Waals surface area (Å²) in [5, 5.41) is 12.8. The van der Waals surface area contributed by atoms with E-state index in [1.165, 1.54) is 0 Å². The van der Waals surface area contributed by atoms with Crippen molar-refractivity contribution in [2.24, 2.45) is 0 Å². The minimum Gasteiger partial charge on any atom is -0.444 e. The van der Waals surface area contributed by atoms with Crippen molar-refractivity contribution in [2.75, 3.05) is 13.1 Å². The van der Waals surface area contributed by atoms with E-state index in [2.05, 4.69) is 36.7 Å². The second-order valence-corrected chi connectivity index (χ2v) is 6.93. The fourth-order valence-electron chi connectivity index (χ4n) is 2.15. The normalized spacial score (nSPS) is 16.5. The van der Waals surface area contributed by atoms with Gasteiger partial charge in [-0.3, -0.25) is 4.79 Å². The van der Waals surface area contributed by atoms with Gasteiger partial charge in [-0.2, -0.15) is 5.21 Å². The Labute approximate surface area is 137 Å². The quantitative estimate of drug-likeness (QED) is 0.821. The highest BCUT2D eigenvalue weighted by Crippen LogP contribution is 2.16. The van der Waals surface area contributed by atoms with Crippen LogP contribution in [0.5, 0.6) is 0 Å². The van der Waals surface area contributed by atoms with Crippen LogP contribution in [-0.4, -0.2) is 57.0 Å². The van der Waals surface area contributed by atoms with Crippen LogP contribution in [0, 0.1) is 0 Å². The first-order valence-electron chi connectivity index (χ1n) is 7.11. The van der Waals surface area contributed by atoms with Crippen molar-refractivity contribution in [3.63, 3.8) is 0 Å². The number of piperidine rings is 1. The summed E-state index contributed by atoms with van der Waals surface area (Å²) in [7, 11) is 0. The second-order valence-electron chi connectivity index (χ2n) is 6.18. The van der Waals surface area contributed by atoms with Crippen molar-refractivity contribution in [1.29, 1.82) is 0 Å². The fraction of sp³-hybridized carbons (Fsp3) is 0.692. The van der Waals surface area contributed by atoms with Crippen LogP contribution in [-0.2, 0) is 4.74 Å². The molecule has 2 rings (SSSR count). The van der Waals surface area contributed by atoms with E-state index in [1.54, 1.807) is 4.90 Å². The van der Waals surface area contributed by atoms with Crippen molar-refractivity contribution in [1.82, 2.24) is 25.6 Å². The molecule has 1 aliphatic heterocycles. The van der Waals surface area contributed by atoms with E-state index in [1.807, 2.05) is 20.8 Å². The first kappa shape index (κ1) is 16.7. The SMILES string of the molecule is CC(C)(C)OC(=O)N1CCC(NC(=O)c2n[nH]nc2Br)CC1. The number of halogens is 1. The van der Waals surface area contributed by atoms with Crippen LogP contribution >= 0.6 is 15.9 Å². The van der Waals surface area contributed by atoms with Crippen molar-refractivity contribution in [3.8, 4) is 0 Å². The van der Waals surface area contributed by atoms with Crippen molar-refractivity contribution in [2.45, 2.75) is 45.3 Å². The summed E-state index contributed by atoms with van der Waals surface area (Å²) in [6.45, 7) is 6.63. The number of hydrogen-bond donors (Lipinski definition) is 2. The largest absolute Gasteiger partial charge is 0.444 e. The number of likely N-dealkylation sites (tertiary alicyclic amines) is 1. The molecule has 0 bridgehead atoms. The molecule has 0 unspecified atom stereocenters. The molecular weight excluding hydrogens is 354 g/mol. The monoisotopic (exact) mass is 373 g/mol. The van der Waals surface area contributed by atoms with Crippen molar-refractivity contribution < 1.29 is 14.3 Å². The van der Waals surface area contributed by atoms with Crippen LogP contribution in [0.3, 0.4) is 0 Å². The Balaban J connectivity index is 1.81. The highest BCUT2D eigenvalue weighted by molar-refractivity contribution is 9.10. The zero-order chi connectivity index (χ0) is 16.3. The van der Waals surface area contributed by atoms with E-state index in [9.17, 15) is 9.59 Å². The van der Waals surface area contributed by atoms with E-state index in [4.69, 9.17) is 4.74 Å². The Hall–Kier alpha value is -1.64. The van der Waals surface area contributed by atoms with Gasteiger partial charge in [0.05, 0.1) is 0 Å². The highest BCUT2D eigenvalue weighted by Gasteiger charge is 2.28. The number of carbonyl (C=O) groups is 2. The van der Waals surface area contributed by atoms with Gasteiger partial charge in [-0.1, -0.05) is 0 Å². The summed E-state index contributed by atoms with van der Waals surface area (Å²) in [5.41, 5.74) is -0.268. The standard InChI is InChI=1S/C13H20BrN5O3/c1-13(2,3)22-12(21)19-6-4-8(5-7-19)15-11(20)9-10(14)17-18-16-9/h8H,4-7H2,1-3H3,(H,15,20)(H,16,17,18). The van der Waals surface area contributed by atoms with Gasteiger partial charge in [0.1, 0.15) is 5.60 Å². The number of ether oxygens (including phenoxy) is 1. The van der Waals surface area contributed by atoms with E-state index in [0.29, 0.717) is 30.5 Å². The molecule has 1 fully saturated rings. The lowest BCUT2D eigenvalue weighted by Crippen LogP contribution is -2.47. The number of hydrogen-bond acceptors (Lipinski definition) is 5. The van der Waals surface area contributed by atoms with Crippen LogP contribution in [0.15, 0.2) is 4.60 Å². The van der Waals surface area contributed by atoms with Gasteiger partial charge in [-0.25, -0.2) is 4.79 Å². The topological polar surface area (TPSA) is 100 Å². The van der Waals surface area contributed by atoms with Gasteiger partial charge < -0.3 is 15.0 Å². The molecular formula is C13H20BrN5O3. The summed E-state index contributed by atoms with van der Waals surface area (Å²) in [4.78, 5) is 25.7. The second kappa shape index (κ2) is 6.64. The molecule has 0 aliphatic carbocycles. The van der Waals surface area contributed by atoms with Gasteiger partial charge in [0.25, 0.3) is 5.91 Å². The molecule has 2 heterocycles. The van der Waals surface area contributed by atoms with Crippen LogP contribution in [0.1, 0.15) is 44.1 Å². The minimum atomic E-state index is -0.499. The lowest BCUT2D eigenvalue weighted by molar-refractivity contribution is 0.0199. The summed E-state index contributed by atoms with van der Waals surface area (Å²) in [6.07, 6.45) is 1.05. The lowest BCUT2D eigenvalue weighted by atomic mass is 10.1. The molecule has 8 nitrogen and oxygen atoms in total. The van der Waals surface area contributed by atoms with E-state index in [0.717, 1.165) is 0 Å². The Morgan fingerprint density at radius 1 is 1.32 bits per heavy atom. The van der Waals surface area contributed by atoms with E-state index >= 15 is 0 Å². The zero-order valence-corrected chi connectivity index (χ0v) is 14.4. The number of H-pyrrole nitrogens is 1. The van der Waals surface area contributed by atoms with Gasteiger partial charge in [0, 0.05) is 19.1 Å². The van der Waals surface area contributed by atoms with Gasteiger partial charge in [0.15, 0.2) is 10.3 Å². The molecule has 1 saturated heterocycles. The third-order valence-electron chi connectivity index (χ3n) is 3.20. The average Bonchev–Trinajstić information content (AvgIpc) is 2.84. The smallest absolute Gasteiger partial charge is 0.410 e. The van der Waals surface area contributed by atoms with Crippen molar-refractivity contribution >= 4 is 27.9 Å². The third kappa shape index (κ3) is 4.43. The number of nitrogens with one attached hydrogen (secondary N) is 2. The van der Waals surface area contributed by atoms with E-state index in [-0.39, 0.29) is 23.7 Å². The molecule has 0 spiro atoms. The number of carbonyl (C=O) groups excluding carboxylic acids is 2. The summed E-state index contributed by atoms with van der Waals surface area (Å²) in [5.74, 6) is -0.281. The Kier molecular flexibility index (Phi) is 5.05. The lowest BCUT2D eigenvalue weighted by Gasteiger charge is -2.33. The van der Waals surface area contributed by atoms with Crippen LogP contribution in [0.25, 0.3) is 0 Å². The molecule has 2 amide bonds. The molecule has 0 atom stereocenters. The zero-order valence-electron chi connectivity index (χ0n) is 12.9. The average molecular weight is 374 g/mol. The predicted octanol–water partition coefficient (Wildman–Crippen LogP) is 1.70. The number of nitrogens with zero attached hydrogens (tertiary/aromatic N) is 3. The first-order chi connectivity index (χ1) is 10.3. The molecule has 1 aliphatic rings. The summed E-state index contributed by atoms with van der Waals surface area (Å²) >= 11 is 3.15. The van der Waals surface area contributed by atoms with Crippen molar-refractivity contribution in [3.05, 3.63) is 10.3 Å². The maximum Gasteiger partial charge on any atom is 0.410 e. The number of rotatable bonds is 2. The Morgan fingerprint density at radius 2 is 1.95 bits per heavy atom. The van der Waals surface area contributed by atoms with Crippen LogP contribution in [0.4, 0.5) is 4.79 Å². The van der Waals surface area contributed by atoms with Crippen LogP contribution < -0.4 is 5.32 Å². The molecule has 1 aromatic heterocycles. The molecule has 2 N–H and O–H groups in total. The van der Waals surface area contributed by atoms with E-state index < -0.39 is 5.60 Å². The molecule has 0 saturated carbocycles.